The van der Waals surface area contributed by atoms with E-state index in [0.29, 0.717) is 23.1 Å². The van der Waals surface area contributed by atoms with E-state index in [1.54, 1.807) is 32.3 Å². The van der Waals surface area contributed by atoms with Crippen LogP contribution in [0, 0.1) is 0 Å². The van der Waals surface area contributed by atoms with Gasteiger partial charge in [0.25, 0.3) is 5.91 Å². The van der Waals surface area contributed by atoms with E-state index >= 15 is 0 Å². The number of likely N-dealkylation sites (N-methyl/N-ethyl adjacent to an activating group) is 1. The molecule has 0 aliphatic rings. The number of aliphatic hydroxyl groups excluding tert-OH is 2. The molecule has 0 saturated heterocycles. The number of aliphatic hydroxyl groups is 2. The molecule has 8 heteroatoms. The summed E-state index contributed by atoms with van der Waals surface area (Å²) in [6.07, 6.45) is 1.10. The Hall–Kier alpha value is -2.81. The molecule has 0 aliphatic heterocycles. The first kappa shape index (κ1) is 19.9. The number of thiophene rings is 1. The Morgan fingerprint density at radius 1 is 1.29 bits per heavy atom. The number of benzene rings is 1. The lowest BCUT2D eigenvalue weighted by molar-refractivity contribution is 0.0771. The fourth-order valence-corrected chi connectivity index (χ4v) is 3.56. The van der Waals surface area contributed by atoms with Gasteiger partial charge in [-0.15, -0.1) is 11.3 Å². The number of carbonyl (C=O) groups is 1. The lowest BCUT2D eigenvalue weighted by Gasteiger charge is -2.13. The second-order valence-electron chi connectivity index (χ2n) is 6.31. The Morgan fingerprint density at radius 2 is 2.11 bits per heavy atom. The summed E-state index contributed by atoms with van der Waals surface area (Å²) >= 11 is 1.35. The number of amides is 1. The Kier molecular flexibility index (Phi) is 6.35. The molecule has 2 aromatic heterocycles. The Morgan fingerprint density at radius 3 is 2.86 bits per heavy atom. The molecule has 0 aliphatic carbocycles. The van der Waals surface area contributed by atoms with Crippen LogP contribution in [0.5, 0.6) is 0 Å². The summed E-state index contributed by atoms with van der Waals surface area (Å²) in [6, 6.07) is 12.8. The smallest absolute Gasteiger partial charge is 0.263 e. The zero-order valence-electron chi connectivity index (χ0n) is 15.7. The van der Waals surface area contributed by atoms with Crippen molar-refractivity contribution in [3.63, 3.8) is 0 Å². The minimum Gasteiger partial charge on any atom is -0.395 e. The largest absolute Gasteiger partial charge is 0.395 e. The number of anilines is 2. The molecule has 1 unspecified atom stereocenters. The molecule has 3 rings (SSSR count). The summed E-state index contributed by atoms with van der Waals surface area (Å²) in [6.45, 7) is 1.93. The number of aromatic nitrogens is 2. The van der Waals surface area contributed by atoms with Crippen molar-refractivity contribution in [2.75, 3.05) is 25.5 Å². The van der Waals surface area contributed by atoms with E-state index in [1.165, 1.54) is 16.2 Å². The van der Waals surface area contributed by atoms with E-state index in [2.05, 4.69) is 15.3 Å². The number of hydrogen-bond donors (Lipinski definition) is 3. The predicted octanol–water partition coefficient (Wildman–Crippen LogP) is 3.07. The first-order chi connectivity index (χ1) is 13.5. The summed E-state index contributed by atoms with van der Waals surface area (Å²) in [4.78, 5) is 24.0. The van der Waals surface area contributed by atoms with Crippen LogP contribution in [0.1, 0.15) is 28.3 Å². The minimum atomic E-state index is -0.556. The summed E-state index contributed by atoms with van der Waals surface area (Å²) < 4.78 is 0. The minimum absolute atomic E-state index is 0.0718. The van der Waals surface area contributed by atoms with Gasteiger partial charge in [-0.3, -0.25) is 4.79 Å². The Bertz CT molecular complexity index is 958. The molecule has 0 spiro atoms. The number of rotatable bonds is 7. The fourth-order valence-electron chi connectivity index (χ4n) is 2.59. The zero-order valence-corrected chi connectivity index (χ0v) is 16.5. The number of nitrogens with zero attached hydrogens (tertiary/aromatic N) is 3. The Balaban J connectivity index is 1.79. The third kappa shape index (κ3) is 4.72. The molecule has 3 aromatic rings. The van der Waals surface area contributed by atoms with E-state index < -0.39 is 6.10 Å². The lowest BCUT2D eigenvalue weighted by Crippen LogP contribution is -2.28. The van der Waals surface area contributed by atoms with Crippen molar-refractivity contribution in [3.05, 3.63) is 59.1 Å². The third-order valence-electron chi connectivity index (χ3n) is 4.13. The van der Waals surface area contributed by atoms with Gasteiger partial charge in [-0.25, -0.2) is 9.97 Å². The lowest BCUT2D eigenvalue weighted by atomic mass is 10.1. The van der Waals surface area contributed by atoms with Crippen LogP contribution in [0.2, 0.25) is 0 Å². The van der Waals surface area contributed by atoms with Crippen LogP contribution < -0.4 is 5.32 Å². The summed E-state index contributed by atoms with van der Waals surface area (Å²) in [7, 11) is 1.66. The normalized spacial score (nSPS) is 11.9. The van der Waals surface area contributed by atoms with E-state index in [9.17, 15) is 9.90 Å². The van der Waals surface area contributed by atoms with Crippen molar-refractivity contribution in [1.29, 1.82) is 0 Å². The van der Waals surface area contributed by atoms with E-state index in [-0.39, 0.29) is 12.5 Å². The highest BCUT2D eigenvalue weighted by Gasteiger charge is 2.15. The van der Waals surface area contributed by atoms with Gasteiger partial charge in [0.1, 0.15) is 0 Å². The van der Waals surface area contributed by atoms with Crippen LogP contribution in [0.4, 0.5) is 11.6 Å². The molecule has 7 nitrogen and oxygen atoms in total. The number of nitrogens with one attached hydrogen (secondary N) is 1. The van der Waals surface area contributed by atoms with Crippen molar-refractivity contribution in [2.45, 2.75) is 13.0 Å². The van der Waals surface area contributed by atoms with Crippen molar-refractivity contribution in [2.24, 2.45) is 0 Å². The number of carbonyl (C=O) groups excluding carboxylic acids is 1. The fraction of sp³-hybridized carbons (Fsp3) is 0.250. The van der Waals surface area contributed by atoms with Gasteiger partial charge in [0.2, 0.25) is 5.95 Å². The average molecular weight is 398 g/mol. The monoisotopic (exact) mass is 398 g/mol. The summed E-state index contributed by atoms with van der Waals surface area (Å²) in [5.74, 6) is 0.298. The van der Waals surface area contributed by atoms with Crippen molar-refractivity contribution >= 4 is 28.9 Å². The quantitative estimate of drug-likeness (QED) is 0.566. The number of hydrogen-bond acceptors (Lipinski definition) is 7. The molecule has 1 amide bonds. The average Bonchev–Trinajstić information content (AvgIpc) is 3.18. The maximum atomic E-state index is 12.3. The maximum absolute atomic E-state index is 12.3. The zero-order chi connectivity index (χ0) is 20.1. The van der Waals surface area contributed by atoms with Crippen LogP contribution in [0.15, 0.2) is 48.7 Å². The van der Waals surface area contributed by atoms with Gasteiger partial charge in [0, 0.05) is 25.5 Å². The van der Waals surface area contributed by atoms with Crippen molar-refractivity contribution in [1.82, 2.24) is 14.9 Å². The predicted molar refractivity (Wildman–Crippen MR) is 110 cm³/mol. The Labute approximate surface area is 167 Å². The van der Waals surface area contributed by atoms with Gasteiger partial charge in [-0.2, -0.15) is 0 Å². The van der Waals surface area contributed by atoms with Crippen molar-refractivity contribution in [3.8, 4) is 10.6 Å². The molecule has 1 atom stereocenters. The van der Waals surface area contributed by atoms with Gasteiger partial charge in [-0.05, 0) is 42.8 Å². The molecule has 146 valence electrons. The highest BCUT2D eigenvalue weighted by molar-refractivity contribution is 7.17. The van der Waals surface area contributed by atoms with Crippen LogP contribution >= 0.6 is 11.3 Å². The standard InChI is InChI=1S/C20H22N4O3S/c1-13(26)14-4-3-5-15(12-14)22-20-21-9-8-16(23-20)17-6-7-18(28-17)19(27)24(2)10-11-25/h3-9,12-13,25-26H,10-11H2,1-2H3,(H,21,22,23). The van der Waals surface area contributed by atoms with E-state index in [0.717, 1.165) is 16.1 Å². The molecule has 0 bridgehead atoms. The molecule has 0 saturated carbocycles. The van der Waals surface area contributed by atoms with Gasteiger partial charge in [-0.1, -0.05) is 12.1 Å². The highest BCUT2D eigenvalue weighted by atomic mass is 32.1. The molecule has 1 aromatic carbocycles. The molecular formula is C20H22N4O3S. The van der Waals surface area contributed by atoms with Gasteiger partial charge >= 0.3 is 0 Å². The maximum Gasteiger partial charge on any atom is 0.263 e. The van der Waals surface area contributed by atoms with Crippen LogP contribution in [0.3, 0.4) is 0 Å². The summed E-state index contributed by atoms with van der Waals surface area (Å²) in [5.41, 5.74) is 2.29. The SMILES string of the molecule is CC(O)c1cccc(Nc2nccc(-c3ccc(C(=O)N(C)CCO)s3)n2)c1. The summed E-state index contributed by atoms with van der Waals surface area (Å²) in [5, 5.41) is 21.9. The third-order valence-corrected chi connectivity index (χ3v) is 5.23. The molecule has 3 N–H and O–H groups in total. The van der Waals surface area contributed by atoms with E-state index in [1.807, 2.05) is 30.3 Å². The second-order valence-corrected chi connectivity index (χ2v) is 7.39. The second kappa shape index (κ2) is 8.92. The molecule has 0 fully saturated rings. The highest BCUT2D eigenvalue weighted by Crippen LogP contribution is 2.28. The van der Waals surface area contributed by atoms with Crippen LogP contribution in [-0.4, -0.2) is 51.2 Å². The first-order valence-electron chi connectivity index (χ1n) is 8.82. The van der Waals surface area contributed by atoms with Crippen LogP contribution in [0.25, 0.3) is 10.6 Å². The molecule has 2 heterocycles. The molecule has 28 heavy (non-hydrogen) atoms. The van der Waals surface area contributed by atoms with Crippen LogP contribution in [-0.2, 0) is 0 Å². The molecular weight excluding hydrogens is 376 g/mol. The van der Waals surface area contributed by atoms with Gasteiger partial charge in [0.05, 0.1) is 28.2 Å². The van der Waals surface area contributed by atoms with Gasteiger partial charge in [0.15, 0.2) is 0 Å². The molecule has 0 radical (unpaired) electrons. The van der Waals surface area contributed by atoms with Crippen molar-refractivity contribution < 1.29 is 15.0 Å². The first-order valence-corrected chi connectivity index (χ1v) is 9.64. The topological polar surface area (TPSA) is 98.6 Å². The van der Waals surface area contributed by atoms with E-state index in [4.69, 9.17) is 5.11 Å². The van der Waals surface area contributed by atoms with Gasteiger partial charge < -0.3 is 20.4 Å².